The van der Waals surface area contributed by atoms with E-state index in [2.05, 4.69) is 32.3 Å². The maximum atomic E-state index is 10.9. The first-order valence-electron chi connectivity index (χ1n) is 11.9. The van der Waals surface area contributed by atoms with Gasteiger partial charge in [-0.1, -0.05) is 18.6 Å². The van der Waals surface area contributed by atoms with E-state index >= 15 is 0 Å². The molecule has 1 aliphatic carbocycles. The molecule has 34 heavy (non-hydrogen) atoms. The lowest BCUT2D eigenvalue weighted by Gasteiger charge is -2.30. The van der Waals surface area contributed by atoms with Crippen molar-refractivity contribution in [1.82, 2.24) is 15.3 Å². The Morgan fingerprint density at radius 2 is 1.68 bits per heavy atom. The third-order valence-electron chi connectivity index (χ3n) is 6.44. The number of aromatic nitrogens is 2. The van der Waals surface area contributed by atoms with Crippen LogP contribution in [-0.4, -0.2) is 54.2 Å². The summed E-state index contributed by atoms with van der Waals surface area (Å²) in [7, 11) is 0. The van der Waals surface area contributed by atoms with Crippen molar-refractivity contribution >= 4 is 28.4 Å². The number of hydrogen-bond acceptors (Lipinski definition) is 7. The predicted molar refractivity (Wildman–Crippen MR) is 128 cm³/mol. The van der Waals surface area contributed by atoms with Gasteiger partial charge >= 0.3 is 0 Å². The monoisotopic (exact) mass is 460 g/mol. The van der Waals surface area contributed by atoms with Crippen LogP contribution < -0.4 is 15.0 Å². The van der Waals surface area contributed by atoms with Crippen LogP contribution in [0, 0.1) is 0 Å². The van der Waals surface area contributed by atoms with Gasteiger partial charge in [-0.3, -0.25) is 14.9 Å². The molecule has 0 atom stereocenters. The SMILES string of the molecule is O=C1NC(=O)c2ccccc21.c1ncc2c(OC3CCCCC3)cc(N3CCOCC3)cc2n1. The number of morpholine rings is 1. The molecule has 1 aromatic heterocycles. The molecular formula is C26H28N4O4. The van der Waals surface area contributed by atoms with Crippen molar-refractivity contribution in [3.05, 3.63) is 60.0 Å². The second-order valence-electron chi connectivity index (χ2n) is 8.71. The molecule has 0 radical (unpaired) electrons. The van der Waals surface area contributed by atoms with Crippen LogP contribution in [-0.2, 0) is 4.74 Å². The van der Waals surface area contributed by atoms with Gasteiger partial charge in [-0.05, 0) is 43.9 Å². The molecule has 2 amide bonds. The first-order chi connectivity index (χ1) is 16.7. The molecule has 2 aromatic carbocycles. The largest absolute Gasteiger partial charge is 0.490 e. The molecule has 2 fully saturated rings. The summed E-state index contributed by atoms with van der Waals surface area (Å²) in [4.78, 5) is 32.9. The van der Waals surface area contributed by atoms with Crippen LogP contribution in [0.4, 0.5) is 5.69 Å². The molecule has 1 saturated carbocycles. The van der Waals surface area contributed by atoms with E-state index < -0.39 is 0 Å². The van der Waals surface area contributed by atoms with Gasteiger partial charge in [0.15, 0.2) is 0 Å². The highest BCUT2D eigenvalue weighted by molar-refractivity contribution is 6.21. The molecule has 3 heterocycles. The number of nitrogens with zero attached hydrogens (tertiary/aromatic N) is 3. The van der Waals surface area contributed by atoms with Gasteiger partial charge in [-0.15, -0.1) is 0 Å². The van der Waals surface area contributed by atoms with Gasteiger partial charge in [-0.2, -0.15) is 0 Å². The summed E-state index contributed by atoms with van der Waals surface area (Å²) < 4.78 is 11.8. The minimum absolute atomic E-state index is 0.300. The zero-order valence-corrected chi connectivity index (χ0v) is 19.0. The van der Waals surface area contributed by atoms with Crippen LogP contribution in [0.2, 0.25) is 0 Å². The van der Waals surface area contributed by atoms with Crippen molar-refractivity contribution in [3.63, 3.8) is 0 Å². The van der Waals surface area contributed by atoms with Crippen LogP contribution in [0.15, 0.2) is 48.9 Å². The molecule has 3 aliphatic rings. The number of hydrogen-bond donors (Lipinski definition) is 1. The molecule has 1 saturated heterocycles. The Bertz CT molecular complexity index is 1150. The lowest BCUT2D eigenvalue weighted by molar-refractivity contribution is 0.0879. The van der Waals surface area contributed by atoms with Crippen LogP contribution >= 0.6 is 0 Å². The predicted octanol–water partition coefficient (Wildman–Crippen LogP) is 3.75. The summed E-state index contributed by atoms with van der Waals surface area (Å²) in [6.45, 7) is 3.39. The second-order valence-corrected chi connectivity index (χ2v) is 8.71. The van der Waals surface area contributed by atoms with Gasteiger partial charge in [0, 0.05) is 31.0 Å². The maximum Gasteiger partial charge on any atom is 0.258 e. The van der Waals surface area contributed by atoms with Gasteiger partial charge in [0.2, 0.25) is 0 Å². The molecule has 0 unspecified atom stereocenters. The summed E-state index contributed by atoms with van der Waals surface area (Å²) in [5.41, 5.74) is 3.06. The molecule has 0 bridgehead atoms. The summed E-state index contributed by atoms with van der Waals surface area (Å²) >= 11 is 0. The lowest BCUT2D eigenvalue weighted by atomic mass is 9.98. The van der Waals surface area contributed by atoms with Crippen LogP contribution in [0.25, 0.3) is 10.9 Å². The Kier molecular flexibility index (Phi) is 6.67. The van der Waals surface area contributed by atoms with Crippen LogP contribution in [0.1, 0.15) is 52.8 Å². The van der Waals surface area contributed by atoms with Gasteiger partial charge in [0.05, 0.1) is 41.3 Å². The molecule has 2 aliphatic heterocycles. The van der Waals surface area contributed by atoms with E-state index in [1.807, 2.05) is 6.20 Å². The van der Waals surface area contributed by atoms with Crippen LogP contribution in [0.3, 0.4) is 0 Å². The number of nitrogens with one attached hydrogen (secondary N) is 1. The molecular weight excluding hydrogens is 432 g/mol. The van der Waals surface area contributed by atoms with E-state index in [4.69, 9.17) is 9.47 Å². The minimum Gasteiger partial charge on any atom is -0.490 e. The standard InChI is InChI=1S/C18H23N3O2.C8H5NO2/c1-2-4-15(5-3-1)23-18-11-14(21-6-8-22-9-7-21)10-17-16(18)12-19-13-20-17;10-7-5-3-1-2-4-6(5)8(11)9-7/h10-13,15H,1-9H2;1-4H,(H,9,10,11). The Morgan fingerprint density at radius 3 is 2.38 bits per heavy atom. The molecule has 1 N–H and O–H groups in total. The smallest absolute Gasteiger partial charge is 0.258 e. The Hall–Kier alpha value is -3.52. The van der Waals surface area contributed by atoms with Crippen molar-refractivity contribution in [2.75, 3.05) is 31.2 Å². The number of rotatable bonds is 3. The summed E-state index contributed by atoms with van der Waals surface area (Å²) in [5, 5.41) is 3.21. The minimum atomic E-state index is -0.300. The first kappa shape index (κ1) is 22.3. The van der Waals surface area contributed by atoms with Crippen molar-refractivity contribution < 1.29 is 19.1 Å². The third-order valence-corrected chi connectivity index (χ3v) is 6.44. The fourth-order valence-electron chi connectivity index (χ4n) is 4.62. The Balaban J connectivity index is 0.000000183. The van der Waals surface area contributed by atoms with E-state index in [9.17, 15) is 9.59 Å². The van der Waals surface area contributed by atoms with E-state index in [-0.39, 0.29) is 11.8 Å². The van der Waals surface area contributed by atoms with E-state index in [0.717, 1.165) is 55.8 Å². The van der Waals surface area contributed by atoms with Crippen molar-refractivity contribution in [2.24, 2.45) is 0 Å². The average molecular weight is 461 g/mol. The topological polar surface area (TPSA) is 93.7 Å². The van der Waals surface area contributed by atoms with Crippen molar-refractivity contribution in [2.45, 2.75) is 38.2 Å². The number of benzene rings is 2. The van der Waals surface area contributed by atoms with E-state index in [1.165, 1.54) is 24.9 Å². The fraction of sp³-hybridized carbons (Fsp3) is 0.385. The van der Waals surface area contributed by atoms with Crippen molar-refractivity contribution in [1.29, 1.82) is 0 Å². The normalized spacial score (nSPS) is 18.2. The number of anilines is 1. The quantitative estimate of drug-likeness (QED) is 0.595. The fourth-order valence-corrected chi connectivity index (χ4v) is 4.62. The molecule has 3 aromatic rings. The van der Waals surface area contributed by atoms with Gasteiger partial charge in [0.25, 0.3) is 11.8 Å². The highest BCUT2D eigenvalue weighted by Crippen LogP contribution is 2.33. The second kappa shape index (κ2) is 10.2. The third kappa shape index (κ3) is 4.87. The number of amides is 2. The van der Waals surface area contributed by atoms with Crippen LogP contribution in [0.5, 0.6) is 5.75 Å². The number of fused-ring (bicyclic) bond motifs is 2. The van der Waals surface area contributed by atoms with E-state index in [0.29, 0.717) is 17.2 Å². The summed E-state index contributed by atoms with van der Waals surface area (Å²) in [6, 6.07) is 11.0. The highest BCUT2D eigenvalue weighted by atomic mass is 16.5. The molecule has 6 rings (SSSR count). The Morgan fingerprint density at radius 1 is 0.971 bits per heavy atom. The van der Waals surface area contributed by atoms with Gasteiger partial charge in [-0.25, -0.2) is 9.97 Å². The van der Waals surface area contributed by atoms with Gasteiger partial charge < -0.3 is 14.4 Å². The van der Waals surface area contributed by atoms with Gasteiger partial charge in [0.1, 0.15) is 12.1 Å². The maximum absolute atomic E-state index is 10.9. The van der Waals surface area contributed by atoms with E-state index in [1.54, 1.807) is 30.6 Å². The Labute approximate surface area is 198 Å². The van der Waals surface area contributed by atoms with Crippen molar-refractivity contribution in [3.8, 4) is 5.75 Å². The highest BCUT2D eigenvalue weighted by Gasteiger charge is 2.25. The zero-order valence-electron chi connectivity index (χ0n) is 19.0. The lowest BCUT2D eigenvalue weighted by Crippen LogP contribution is -2.36. The molecule has 8 nitrogen and oxygen atoms in total. The number of ether oxygens (including phenoxy) is 2. The zero-order chi connectivity index (χ0) is 23.3. The first-order valence-corrected chi connectivity index (χ1v) is 11.9. The summed E-state index contributed by atoms with van der Waals surface area (Å²) in [6.07, 6.45) is 9.96. The summed E-state index contributed by atoms with van der Waals surface area (Å²) in [5.74, 6) is 0.327. The average Bonchev–Trinajstić information content (AvgIpc) is 3.19. The molecule has 176 valence electrons. The number of carbonyl (C=O) groups excluding carboxylic acids is 2. The molecule has 0 spiro atoms. The number of carbonyl (C=O) groups is 2. The molecule has 8 heteroatoms. The number of imide groups is 1.